The number of aromatic nitrogens is 4. The maximum absolute atomic E-state index is 12.6. The summed E-state index contributed by atoms with van der Waals surface area (Å²) in [6.07, 6.45) is 4.82. The fourth-order valence-electron chi connectivity index (χ4n) is 3.57. The first-order valence-corrected chi connectivity index (χ1v) is 9.78. The van der Waals surface area contributed by atoms with Gasteiger partial charge in [-0.3, -0.25) is 14.4 Å². The third kappa shape index (κ3) is 4.07. The number of fused-ring (bicyclic) bond motifs is 1. The molecule has 2 aromatic heterocycles. The van der Waals surface area contributed by atoms with E-state index < -0.39 is 0 Å². The molecular weight excluding hydrogens is 350 g/mol. The molecule has 6 nitrogen and oxygen atoms in total. The highest BCUT2D eigenvalue weighted by atomic mass is 16.1. The zero-order valence-corrected chi connectivity index (χ0v) is 16.8. The minimum atomic E-state index is -0.154. The standard InChI is InChI=1S/C22H27N5O/c1-22(2,3)21-24-19-9-10-26(15-18(19)20(28)25-21)12-17-11-23-27(14-17)13-16-7-5-4-6-8-16/h4-8,11,14H,9-10,12-13,15H2,1-3H3,(H,24,25,28). The SMILES string of the molecule is CC(C)(C)c1nc2c(c(=O)[nH]1)CN(Cc1cnn(Cc3ccccc3)c1)CC2. The summed E-state index contributed by atoms with van der Waals surface area (Å²) >= 11 is 0. The predicted molar refractivity (Wildman–Crippen MR) is 109 cm³/mol. The van der Waals surface area contributed by atoms with E-state index in [2.05, 4.69) is 54.1 Å². The largest absolute Gasteiger partial charge is 0.310 e. The summed E-state index contributed by atoms with van der Waals surface area (Å²) in [6, 6.07) is 10.3. The number of H-pyrrole nitrogens is 1. The molecule has 0 amide bonds. The molecule has 1 aliphatic rings. The number of aromatic amines is 1. The number of hydrogen-bond acceptors (Lipinski definition) is 4. The van der Waals surface area contributed by atoms with Crippen molar-refractivity contribution < 1.29 is 0 Å². The van der Waals surface area contributed by atoms with E-state index in [0.29, 0.717) is 6.54 Å². The summed E-state index contributed by atoms with van der Waals surface area (Å²) in [5.74, 6) is 0.770. The molecule has 1 N–H and O–H groups in total. The van der Waals surface area contributed by atoms with Crippen LogP contribution in [0.15, 0.2) is 47.5 Å². The number of rotatable bonds is 4. The van der Waals surface area contributed by atoms with Gasteiger partial charge in [-0.1, -0.05) is 51.1 Å². The van der Waals surface area contributed by atoms with Crippen LogP contribution in [-0.4, -0.2) is 31.2 Å². The zero-order chi connectivity index (χ0) is 19.7. The van der Waals surface area contributed by atoms with Crippen molar-refractivity contribution in [2.45, 2.75) is 52.2 Å². The molecule has 0 spiro atoms. The van der Waals surface area contributed by atoms with E-state index in [0.717, 1.165) is 48.7 Å². The lowest BCUT2D eigenvalue weighted by Crippen LogP contribution is -2.37. The second kappa shape index (κ2) is 7.36. The molecule has 0 radical (unpaired) electrons. The van der Waals surface area contributed by atoms with Crippen LogP contribution in [0.2, 0.25) is 0 Å². The van der Waals surface area contributed by atoms with Crippen molar-refractivity contribution in [2.75, 3.05) is 6.54 Å². The molecule has 0 saturated heterocycles. The predicted octanol–water partition coefficient (Wildman–Crippen LogP) is 2.87. The van der Waals surface area contributed by atoms with Crippen molar-refractivity contribution >= 4 is 0 Å². The Labute approximate surface area is 165 Å². The Hall–Kier alpha value is -2.73. The molecule has 0 fully saturated rings. The Morgan fingerprint density at radius 1 is 1.11 bits per heavy atom. The smallest absolute Gasteiger partial charge is 0.255 e. The molecule has 0 unspecified atom stereocenters. The quantitative estimate of drug-likeness (QED) is 0.759. The van der Waals surface area contributed by atoms with Gasteiger partial charge in [0, 0.05) is 43.2 Å². The summed E-state index contributed by atoms with van der Waals surface area (Å²) < 4.78 is 1.96. The minimum absolute atomic E-state index is 0.000558. The van der Waals surface area contributed by atoms with E-state index in [1.807, 2.05) is 29.1 Å². The molecule has 3 aromatic rings. The molecule has 6 heteroatoms. The van der Waals surface area contributed by atoms with Crippen LogP contribution in [-0.2, 0) is 31.5 Å². The van der Waals surface area contributed by atoms with Gasteiger partial charge >= 0.3 is 0 Å². The molecule has 1 aliphatic heterocycles. The van der Waals surface area contributed by atoms with Gasteiger partial charge < -0.3 is 4.98 Å². The van der Waals surface area contributed by atoms with Crippen LogP contribution in [0.3, 0.4) is 0 Å². The van der Waals surface area contributed by atoms with E-state index in [-0.39, 0.29) is 11.0 Å². The van der Waals surface area contributed by atoms with E-state index in [1.165, 1.54) is 5.56 Å². The summed E-state index contributed by atoms with van der Waals surface area (Å²) in [4.78, 5) is 22.6. The molecule has 3 heterocycles. The van der Waals surface area contributed by atoms with Crippen LogP contribution < -0.4 is 5.56 Å². The summed E-state index contributed by atoms with van der Waals surface area (Å²) in [5, 5.41) is 4.49. The number of nitrogens with zero attached hydrogens (tertiary/aromatic N) is 4. The van der Waals surface area contributed by atoms with Crippen molar-refractivity contribution in [3.63, 3.8) is 0 Å². The summed E-state index contributed by atoms with van der Waals surface area (Å²) in [7, 11) is 0. The lowest BCUT2D eigenvalue weighted by atomic mass is 9.95. The number of nitrogens with one attached hydrogen (secondary N) is 1. The Kier molecular flexibility index (Phi) is 4.89. The number of benzene rings is 1. The van der Waals surface area contributed by atoms with Crippen LogP contribution in [0.5, 0.6) is 0 Å². The molecule has 0 bridgehead atoms. The first kappa shape index (κ1) is 18.6. The van der Waals surface area contributed by atoms with E-state index in [1.54, 1.807) is 0 Å². The molecule has 146 valence electrons. The highest BCUT2D eigenvalue weighted by molar-refractivity contribution is 5.23. The second-order valence-electron chi connectivity index (χ2n) is 8.58. The average Bonchev–Trinajstić information content (AvgIpc) is 3.09. The first-order valence-electron chi connectivity index (χ1n) is 9.78. The Bertz CT molecular complexity index is 1010. The van der Waals surface area contributed by atoms with Crippen LogP contribution in [0.25, 0.3) is 0 Å². The summed E-state index contributed by atoms with van der Waals surface area (Å²) in [6.45, 7) is 9.29. The fourth-order valence-corrected chi connectivity index (χ4v) is 3.57. The minimum Gasteiger partial charge on any atom is -0.310 e. The highest BCUT2D eigenvalue weighted by Gasteiger charge is 2.25. The molecule has 4 rings (SSSR count). The normalized spacial score (nSPS) is 14.8. The van der Waals surface area contributed by atoms with Gasteiger partial charge in [0.05, 0.1) is 24.0 Å². The van der Waals surface area contributed by atoms with E-state index >= 15 is 0 Å². The highest BCUT2D eigenvalue weighted by Crippen LogP contribution is 2.21. The third-order valence-corrected chi connectivity index (χ3v) is 5.14. The van der Waals surface area contributed by atoms with Crippen LogP contribution in [0.4, 0.5) is 0 Å². The van der Waals surface area contributed by atoms with Gasteiger partial charge in [0.15, 0.2) is 0 Å². The van der Waals surface area contributed by atoms with Gasteiger partial charge in [-0.05, 0) is 5.56 Å². The molecule has 0 saturated carbocycles. The van der Waals surface area contributed by atoms with Crippen molar-refractivity contribution in [2.24, 2.45) is 0 Å². The Morgan fingerprint density at radius 2 is 1.89 bits per heavy atom. The first-order chi connectivity index (χ1) is 13.4. The summed E-state index contributed by atoms with van der Waals surface area (Å²) in [5.41, 5.74) is 3.99. The van der Waals surface area contributed by atoms with Gasteiger partial charge in [0.2, 0.25) is 0 Å². The lowest BCUT2D eigenvalue weighted by molar-refractivity contribution is 0.241. The van der Waals surface area contributed by atoms with Crippen molar-refractivity contribution in [1.29, 1.82) is 0 Å². The van der Waals surface area contributed by atoms with Gasteiger partial charge in [-0.15, -0.1) is 0 Å². The third-order valence-electron chi connectivity index (χ3n) is 5.14. The Balaban J connectivity index is 1.45. The fraction of sp³-hybridized carbons (Fsp3) is 0.409. The van der Waals surface area contributed by atoms with Crippen molar-refractivity contribution in [3.8, 4) is 0 Å². The molecule has 1 aromatic carbocycles. The molecule has 0 aliphatic carbocycles. The van der Waals surface area contributed by atoms with E-state index in [9.17, 15) is 4.79 Å². The topological polar surface area (TPSA) is 66.8 Å². The van der Waals surface area contributed by atoms with Crippen LogP contribution in [0, 0.1) is 0 Å². The second-order valence-corrected chi connectivity index (χ2v) is 8.58. The van der Waals surface area contributed by atoms with Gasteiger partial charge in [-0.2, -0.15) is 5.10 Å². The Morgan fingerprint density at radius 3 is 2.64 bits per heavy atom. The zero-order valence-electron chi connectivity index (χ0n) is 16.8. The van der Waals surface area contributed by atoms with Gasteiger partial charge in [-0.25, -0.2) is 4.98 Å². The van der Waals surface area contributed by atoms with Gasteiger partial charge in [0.1, 0.15) is 5.82 Å². The number of hydrogen-bond donors (Lipinski definition) is 1. The van der Waals surface area contributed by atoms with Crippen LogP contribution >= 0.6 is 0 Å². The maximum atomic E-state index is 12.6. The molecular formula is C22H27N5O. The molecule has 0 atom stereocenters. The van der Waals surface area contributed by atoms with Gasteiger partial charge in [0.25, 0.3) is 5.56 Å². The van der Waals surface area contributed by atoms with Crippen LogP contribution in [0.1, 0.15) is 49.0 Å². The van der Waals surface area contributed by atoms with E-state index in [4.69, 9.17) is 4.98 Å². The van der Waals surface area contributed by atoms with Crippen molar-refractivity contribution in [1.82, 2.24) is 24.6 Å². The lowest BCUT2D eigenvalue weighted by Gasteiger charge is -2.28. The average molecular weight is 377 g/mol. The maximum Gasteiger partial charge on any atom is 0.255 e. The molecule has 28 heavy (non-hydrogen) atoms. The monoisotopic (exact) mass is 377 g/mol. The van der Waals surface area contributed by atoms with Crippen molar-refractivity contribution in [3.05, 3.63) is 81.3 Å².